The maximum Gasteiger partial charge on any atom is 0.311 e. The Morgan fingerprint density at radius 2 is 1.97 bits per heavy atom. The largest absolute Gasteiger partial charge is 0.490 e. The third-order valence-electron chi connectivity index (χ3n) is 5.01. The number of anilines is 2. The lowest BCUT2D eigenvalue weighted by Crippen LogP contribution is -2.46. The van der Waals surface area contributed by atoms with Crippen LogP contribution in [0, 0.1) is 10.1 Å². The number of piperazine rings is 1. The molecule has 154 valence electrons. The molecule has 0 aliphatic carbocycles. The van der Waals surface area contributed by atoms with Gasteiger partial charge in [0.05, 0.1) is 28.4 Å². The first kappa shape index (κ1) is 20.9. The van der Waals surface area contributed by atoms with Gasteiger partial charge in [-0.05, 0) is 30.8 Å². The molecule has 8 nitrogen and oxygen atoms in total. The molecule has 9 heteroatoms. The van der Waals surface area contributed by atoms with Gasteiger partial charge in [0.1, 0.15) is 0 Å². The lowest BCUT2D eigenvalue weighted by atomic mass is 10.1. The van der Waals surface area contributed by atoms with Gasteiger partial charge in [-0.25, -0.2) is 0 Å². The molecule has 0 radical (unpaired) electrons. The van der Waals surface area contributed by atoms with E-state index in [0.29, 0.717) is 10.7 Å². The van der Waals surface area contributed by atoms with Crippen LogP contribution in [0.1, 0.15) is 17.3 Å². The molecular formula is C20H23ClN4O4. The first-order chi connectivity index (χ1) is 13.9. The van der Waals surface area contributed by atoms with Gasteiger partial charge in [0, 0.05) is 37.8 Å². The maximum absolute atomic E-state index is 12.8. The van der Waals surface area contributed by atoms with Gasteiger partial charge < -0.3 is 19.9 Å². The summed E-state index contributed by atoms with van der Waals surface area (Å²) in [6.07, 6.45) is 0. The fraction of sp³-hybridized carbons (Fsp3) is 0.350. The van der Waals surface area contributed by atoms with Crippen LogP contribution in [-0.2, 0) is 0 Å². The van der Waals surface area contributed by atoms with Crippen molar-refractivity contribution in [2.45, 2.75) is 6.92 Å². The third-order valence-corrected chi connectivity index (χ3v) is 5.31. The first-order valence-electron chi connectivity index (χ1n) is 9.34. The molecule has 1 fully saturated rings. The topological polar surface area (TPSA) is 88.0 Å². The zero-order valence-electron chi connectivity index (χ0n) is 16.4. The van der Waals surface area contributed by atoms with Crippen molar-refractivity contribution in [3.05, 3.63) is 57.1 Å². The standard InChI is InChI=1S/C20H23ClN4O4/c1-3-23-9-11-24(12-10-23)19-15(21)5-4-6-16(19)22-20(26)14-7-8-18(29-2)17(13-14)25(27)28/h4-8,13H,3,9-12H2,1-2H3,(H,22,26). The molecule has 1 N–H and O–H groups in total. The van der Waals surface area contributed by atoms with E-state index in [4.69, 9.17) is 16.3 Å². The summed E-state index contributed by atoms with van der Waals surface area (Å²) < 4.78 is 4.99. The Morgan fingerprint density at radius 1 is 1.24 bits per heavy atom. The molecule has 0 unspecified atom stereocenters. The average molecular weight is 419 g/mol. The number of carbonyl (C=O) groups excluding carboxylic acids is 1. The van der Waals surface area contributed by atoms with Crippen LogP contribution in [0.2, 0.25) is 5.02 Å². The van der Waals surface area contributed by atoms with Crippen molar-refractivity contribution < 1.29 is 14.5 Å². The lowest BCUT2D eigenvalue weighted by Gasteiger charge is -2.36. The number of nitro groups is 1. The summed E-state index contributed by atoms with van der Waals surface area (Å²) in [6, 6.07) is 9.44. The van der Waals surface area contributed by atoms with E-state index in [9.17, 15) is 14.9 Å². The predicted octanol–water partition coefficient (Wildman–Crippen LogP) is 3.65. The summed E-state index contributed by atoms with van der Waals surface area (Å²) in [4.78, 5) is 28.0. The molecule has 1 amide bonds. The maximum atomic E-state index is 12.8. The molecule has 1 heterocycles. The molecule has 29 heavy (non-hydrogen) atoms. The van der Waals surface area contributed by atoms with Gasteiger partial charge in [-0.15, -0.1) is 0 Å². The van der Waals surface area contributed by atoms with Crippen LogP contribution in [0.4, 0.5) is 17.1 Å². The van der Waals surface area contributed by atoms with Crippen LogP contribution in [0.15, 0.2) is 36.4 Å². The van der Waals surface area contributed by atoms with E-state index < -0.39 is 10.8 Å². The van der Waals surface area contributed by atoms with Crippen molar-refractivity contribution in [3.8, 4) is 5.75 Å². The Kier molecular flexibility index (Phi) is 6.56. The van der Waals surface area contributed by atoms with Crippen LogP contribution in [0.3, 0.4) is 0 Å². The van der Waals surface area contributed by atoms with Crippen LogP contribution < -0.4 is 15.0 Å². The van der Waals surface area contributed by atoms with Gasteiger partial charge in [0.2, 0.25) is 0 Å². The number of rotatable bonds is 6. The highest BCUT2D eigenvalue weighted by Crippen LogP contribution is 2.35. The van der Waals surface area contributed by atoms with Crippen molar-refractivity contribution in [2.75, 3.05) is 50.1 Å². The molecule has 3 rings (SSSR count). The SMILES string of the molecule is CCN1CCN(c2c(Cl)cccc2NC(=O)c2ccc(OC)c([N+](=O)[O-])c2)CC1. The van der Waals surface area contributed by atoms with Crippen LogP contribution in [0.25, 0.3) is 0 Å². The number of benzene rings is 2. The summed E-state index contributed by atoms with van der Waals surface area (Å²) in [7, 11) is 1.35. The molecule has 0 bridgehead atoms. The van der Waals surface area contributed by atoms with Crippen molar-refractivity contribution in [1.29, 1.82) is 0 Å². The number of halogens is 1. The van der Waals surface area contributed by atoms with Gasteiger partial charge in [0.15, 0.2) is 5.75 Å². The number of ether oxygens (including phenoxy) is 1. The minimum atomic E-state index is -0.576. The second-order valence-electron chi connectivity index (χ2n) is 6.66. The number of nitrogens with zero attached hydrogens (tertiary/aromatic N) is 3. The molecule has 0 spiro atoms. The molecule has 2 aromatic rings. The van der Waals surface area contributed by atoms with Gasteiger partial charge in [0.25, 0.3) is 5.91 Å². The summed E-state index contributed by atoms with van der Waals surface area (Å²) >= 11 is 6.46. The Hall–Kier alpha value is -2.84. The van der Waals surface area contributed by atoms with Gasteiger partial charge in [-0.1, -0.05) is 24.6 Å². The second kappa shape index (κ2) is 9.11. The third kappa shape index (κ3) is 4.60. The molecular weight excluding hydrogens is 396 g/mol. The lowest BCUT2D eigenvalue weighted by molar-refractivity contribution is -0.385. The van der Waals surface area contributed by atoms with Gasteiger partial charge >= 0.3 is 5.69 Å². The normalized spacial score (nSPS) is 14.5. The smallest absolute Gasteiger partial charge is 0.311 e. The molecule has 2 aromatic carbocycles. The van der Waals surface area contributed by atoms with Crippen molar-refractivity contribution >= 4 is 34.6 Å². The molecule has 0 aromatic heterocycles. The number of carbonyl (C=O) groups is 1. The van der Waals surface area contributed by atoms with Gasteiger partial charge in [-0.2, -0.15) is 0 Å². The van der Waals surface area contributed by atoms with Crippen molar-refractivity contribution in [1.82, 2.24) is 4.90 Å². The number of hydrogen-bond acceptors (Lipinski definition) is 6. The van der Waals surface area contributed by atoms with E-state index in [-0.39, 0.29) is 17.0 Å². The summed E-state index contributed by atoms with van der Waals surface area (Å²) in [5, 5.41) is 14.6. The number of amides is 1. The minimum Gasteiger partial charge on any atom is -0.490 e. The fourth-order valence-corrected chi connectivity index (χ4v) is 3.69. The highest BCUT2D eigenvalue weighted by atomic mass is 35.5. The Labute approximate surface area is 174 Å². The van der Waals surface area contributed by atoms with Crippen molar-refractivity contribution in [3.63, 3.8) is 0 Å². The number of methoxy groups -OCH3 is 1. The zero-order valence-corrected chi connectivity index (χ0v) is 17.1. The highest BCUT2D eigenvalue weighted by molar-refractivity contribution is 6.34. The van der Waals surface area contributed by atoms with Crippen LogP contribution in [-0.4, -0.2) is 55.6 Å². The molecule has 1 aliphatic heterocycles. The molecule has 1 aliphatic rings. The molecule has 0 saturated carbocycles. The summed E-state index contributed by atoms with van der Waals surface area (Å²) in [5.74, 6) is -0.352. The van der Waals surface area contributed by atoms with E-state index in [1.807, 2.05) is 0 Å². The van der Waals surface area contributed by atoms with E-state index in [2.05, 4.69) is 22.0 Å². The van der Waals surface area contributed by atoms with Gasteiger partial charge in [-0.3, -0.25) is 14.9 Å². The number of nitrogens with one attached hydrogen (secondary N) is 1. The first-order valence-corrected chi connectivity index (χ1v) is 9.72. The van der Waals surface area contributed by atoms with E-state index >= 15 is 0 Å². The monoisotopic (exact) mass is 418 g/mol. The quantitative estimate of drug-likeness (QED) is 0.569. The molecule has 0 atom stereocenters. The number of hydrogen-bond donors (Lipinski definition) is 1. The molecule has 1 saturated heterocycles. The minimum absolute atomic E-state index is 0.101. The summed E-state index contributed by atoms with van der Waals surface area (Å²) in [5.41, 5.74) is 1.24. The van der Waals surface area contributed by atoms with E-state index in [1.165, 1.54) is 25.3 Å². The number of likely N-dealkylation sites (N-methyl/N-ethyl adjacent to an activating group) is 1. The number of para-hydroxylation sites is 1. The highest BCUT2D eigenvalue weighted by Gasteiger charge is 2.23. The van der Waals surface area contributed by atoms with Crippen LogP contribution in [0.5, 0.6) is 5.75 Å². The van der Waals surface area contributed by atoms with E-state index in [0.717, 1.165) is 38.4 Å². The van der Waals surface area contributed by atoms with Crippen LogP contribution >= 0.6 is 11.6 Å². The predicted molar refractivity (Wildman–Crippen MR) is 113 cm³/mol. The fourth-order valence-electron chi connectivity index (χ4n) is 3.39. The average Bonchev–Trinajstić information content (AvgIpc) is 2.73. The second-order valence-corrected chi connectivity index (χ2v) is 7.06. The Morgan fingerprint density at radius 3 is 2.59 bits per heavy atom. The van der Waals surface area contributed by atoms with E-state index in [1.54, 1.807) is 18.2 Å². The van der Waals surface area contributed by atoms with Crippen molar-refractivity contribution in [2.24, 2.45) is 0 Å². The number of nitro benzene ring substituents is 1. The summed E-state index contributed by atoms with van der Waals surface area (Å²) in [6.45, 7) is 6.56. The zero-order chi connectivity index (χ0) is 21.0. The Balaban J connectivity index is 1.85. The Bertz CT molecular complexity index is 913.